The van der Waals surface area contributed by atoms with Crippen LogP contribution >= 0.6 is 22.7 Å². The van der Waals surface area contributed by atoms with Gasteiger partial charge in [-0.3, -0.25) is 13.7 Å². The third kappa shape index (κ3) is 12.0. The van der Waals surface area contributed by atoms with Crippen LogP contribution in [0, 0.1) is 0 Å². The summed E-state index contributed by atoms with van der Waals surface area (Å²) in [4.78, 5) is 45.4. The number of furan rings is 4. The Morgan fingerprint density at radius 3 is 0.800 bits per heavy atom. The molecule has 12 heterocycles. The molecule has 135 heavy (non-hydrogen) atoms. The fourth-order valence-corrected chi connectivity index (χ4v) is 22.5. The zero-order chi connectivity index (χ0) is 88.5. The van der Waals surface area contributed by atoms with Crippen molar-refractivity contribution in [2.75, 3.05) is 0 Å². The predicted octanol–water partition coefficient (Wildman–Crippen LogP) is 31.2. The molecule has 16 nitrogen and oxygen atoms in total. The lowest BCUT2D eigenvalue weighted by molar-refractivity contribution is 0.670. The third-order valence-electron chi connectivity index (χ3n) is 26.0. The molecule has 0 aliphatic rings. The molecule has 30 rings (SSSR count). The number of fused-ring (bicyclic) bond motifs is 33. The average molecular weight is 1770 g/mol. The van der Waals surface area contributed by atoms with E-state index >= 15 is 0 Å². The molecule has 12 aromatic heterocycles. The van der Waals surface area contributed by atoms with E-state index in [9.17, 15) is 0 Å². The normalized spacial score (nSPS) is 12.0. The molecule has 0 radical (unpaired) electrons. The molecule has 0 aliphatic heterocycles. The minimum atomic E-state index is 0.522. The number of para-hydroxylation sites is 5. The molecule has 0 bridgehead atoms. The summed E-state index contributed by atoms with van der Waals surface area (Å²) < 4.78 is 37.8. The van der Waals surface area contributed by atoms with Gasteiger partial charge in [0, 0.05) is 133 Å². The first kappa shape index (κ1) is 76.0. The second kappa shape index (κ2) is 30.3. The van der Waals surface area contributed by atoms with Crippen LogP contribution in [-0.2, 0) is 0 Å². The Hall–Kier alpha value is -18.0. The topological polar surface area (TPSA) is 183 Å². The van der Waals surface area contributed by atoms with Crippen LogP contribution in [0.4, 0.5) is 0 Å². The standard InChI is InChI=1S/C39H22N4O2.2C39H22N4OS/c1-3-11-23(12-4-1)37-40-38(24-13-5-2-6-14-24)42-39(41-37)43-29-21-19-27-25-15-7-9-17-31(25)44-35(27)33(29)34-30(43)22-20-28-26-16-8-10-18-32(26)45-36(28)34;1-3-11-23(12-4-1)37-40-38(24-13-5-2-6-14-24)42-39(41-37)43-29-17-9-7-16-27(29)33-30(43)21-19-28-34-32(45-36(28)33)22-20-26-25-15-8-10-18-31(25)44-35(26)34;1-3-11-23(12-4-1)37-40-38(24-13-5-2-6-14-24)42-39(41-37)43-29-21-19-27-25-15-7-9-17-31(25)44-35(27)33(29)34-30(43)22-20-28-26-16-8-10-18-32(26)45-36(28)34/h3*1-22H. The highest BCUT2D eigenvalue weighted by Gasteiger charge is 2.30. The second-order valence-electron chi connectivity index (χ2n) is 33.7. The molecule has 0 saturated heterocycles. The van der Waals surface area contributed by atoms with E-state index in [-0.39, 0.29) is 0 Å². The van der Waals surface area contributed by atoms with Crippen molar-refractivity contribution in [3.63, 3.8) is 0 Å². The highest BCUT2D eigenvalue weighted by molar-refractivity contribution is 7.27. The van der Waals surface area contributed by atoms with Gasteiger partial charge in [-0.1, -0.05) is 303 Å². The highest BCUT2D eigenvalue weighted by Crippen LogP contribution is 2.51. The summed E-state index contributed by atoms with van der Waals surface area (Å²) in [7, 11) is 0. The lowest BCUT2D eigenvalue weighted by atomic mass is 10.1. The van der Waals surface area contributed by atoms with Gasteiger partial charge in [0.25, 0.3) is 0 Å². The van der Waals surface area contributed by atoms with Crippen LogP contribution < -0.4 is 0 Å². The molecule has 30 aromatic rings. The van der Waals surface area contributed by atoms with E-state index in [1.807, 2.05) is 265 Å². The zero-order valence-electron chi connectivity index (χ0n) is 71.4. The lowest BCUT2D eigenvalue weighted by Crippen LogP contribution is -2.06. The first-order chi connectivity index (χ1) is 66.9. The lowest BCUT2D eigenvalue weighted by Gasteiger charge is -2.11. The van der Waals surface area contributed by atoms with Crippen LogP contribution in [-0.4, -0.2) is 58.6 Å². The van der Waals surface area contributed by atoms with Crippen LogP contribution in [0.15, 0.2) is 418 Å². The second-order valence-corrected chi connectivity index (χ2v) is 35.8. The SMILES string of the molecule is c1ccc(-c2nc(-c3ccccc3)nc(-n3c4ccc5c6ccccc6oc5c4c4c5oc6ccccc6c5ccc43)n2)cc1.c1ccc(-c2nc(-c3ccccc3)nc(-n3c4ccc5c6ccccc6oc5c4c4c5sc6ccccc6c5ccc43)n2)cc1.c1ccc(-c2nc(-c3ccccc3)nc(-n3c4ccccc4c4c5sc6ccc7c8ccccc8oc7c6c5ccc43)n2)cc1. The Morgan fingerprint density at radius 1 is 0.163 bits per heavy atom. The molecule has 18 aromatic carbocycles. The van der Waals surface area contributed by atoms with Gasteiger partial charge in [0.2, 0.25) is 17.8 Å². The molecule has 0 N–H and O–H groups in total. The van der Waals surface area contributed by atoms with Gasteiger partial charge < -0.3 is 17.7 Å². The summed E-state index contributed by atoms with van der Waals surface area (Å²) in [5.41, 5.74) is 18.5. The third-order valence-corrected chi connectivity index (χ3v) is 28.4. The van der Waals surface area contributed by atoms with Crippen LogP contribution in [0.5, 0.6) is 0 Å². The van der Waals surface area contributed by atoms with Crippen molar-refractivity contribution in [1.29, 1.82) is 0 Å². The molecule has 0 unspecified atom stereocenters. The molecule has 630 valence electrons. The van der Waals surface area contributed by atoms with Gasteiger partial charge in [0.05, 0.1) is 49.3 Å². The summed E-state index contributed by atoms with van der Waals surface area (Å²) in [6, 6.07) is 137. The van der Waals surface area contributed by atoms with Gasteiger partial charge in [-0.25, -0.2) is 15.0 Å². The molecular weight excluding hydrogens is 1700 g/mol. The van der Waals surface area contributed by atoms with Crippen LogP contribution in [0.3, 0.4) is 0 Å². The van der Waals surface area contributed by atoms with Gasteiger partial charge in [0.1, 0.15) is 44.7 Å². The molecule has 0 fully saturated rings. The Bertz CT molecular complexity index is 9290. The summed E-state index contributed by atoms with van der Waals surface area (Å²) >= 11 is 3.63. The molecule has 0 spiro atoms. The quantitative estimate of drug-likeness (QED) is 0.133. The predicted molar refractivity (Wildman–Crippen MR) is 550 cm³/mol. The smallest absolute Gasteiger partial charge is 0.238 e. The van der Waals surface area contributed by atoms with Gasteiger partial charge in [-0.2, -0.15) is 29.9 Å². The Morgan fingerprint density at radius 2 is 0.422 bits per heavy atom. The Labute approximate surface area is 773 Å². The van der Waals surface area contributed by atoms with Gasteiger partial charge >= 0.3 is 0 Å². The number of hydrogen-bond acceptors (Lipinski definition) is 15. The van der Waals surface area contributed by atoms with E-state index in [4.69, 9.17) is 62.5 Å². The van der Waals surface area contributed by atoms with Crippen molar-refractivity contribution in [3.8, 4) is 86.2 Å². The number of aromatic nitrogens is 12. The van der Waals surface area contributed by atoms with E-state index in [0.717, 1.165) is 181 Å². The largest absolute Gasteiger partial charge is 0.455 e. The van der Waals surface area contributed by atoms with Crippen molar-refractivity contribution in [2.45, 2.75) is 0 Å². The number of rotatable bonds is 9. The molecule has 0 aliphatic carbocycles. The summed E-state index contributed by atoms with van der Waals surface area (Å²) in [5.74, 6) is 5.42. The molecule has 0 amide bonds. The first-order valence-electron chi connectivity index (χ1n) is 44.6. The van der Waals surface area contributed by atoms with Crippen LogP contribution in [0.2, 0.25) is 0 Å². The average Bonchev–Trinajstić information content (AvgIpc) is 1.54. The molecule has 18 heteroatoms. The maximum absolute atomic E-state index is 6.67. The Balaban J connectivity index is 0.000000101. The summed E-state index contributed by atoms with van der Waals surface area (Å²) in [5, 5.41) is 20.1. The number of thiophene rings is 2. The minimum absolute atomic E-state index is 0.522. The minimum Gasteiger partial charge on any atom is -0.455 e. The number of nitrogens with zero attached hydrogens (tertiary/aromatic N) is 12. The zero-order valence-corrected chi connectivity index (χ0v) is 73.1. The highest BCUT2D eigenvalue weighted by atomic mass is 32.1. The number of hydrogen-bond donors (Lipinski definition) is 0. The van der Waals surface area contributed by atoms with Gasteiger partial charge in [0.15, 0.2) is 34.9 Å². The van der Waals surface area contributed by atoms with E-state index in [0.29, 0.717) is 52.8 Å². The molecule has 0 saturated carbocycles. The van der Waals surface area contributed by atoms with Crippen molar-refractivity contribution in [3.05, 3.63) is 400 Å². The van der Waals surface area contributed by atoms with Crippen molar-refractivity contribution < 1.29 is 17.7 Å². The first-order valence-corrected chi connectivity index (χ1v) is 46.3. The van der Waals surface area contributed by atoms with Crippen LogP contribution in [0.25, 0.3) is 280 Å². The monoisotopic (exact) mass is 1770 g/mol. The maximum Gasteiger partial charge on any atom is 0.238 e. The van der Waals surface area contributed by atoms with Crippen LogP contribution in [0.1, 0.15) is 0 Å². The Kier molecular flexibility index (Phi) is 17.1. The van der Waals surface area contributed by atoms with E-state index in [1.165, 1.54) is 45.7 Å². The molecular formula is C117H66N12O4S2. The maximum atomic E-state index is 6.67. The van der Waals surface area contributed by atoms with E-state index < -0.39 is 0 Å². The van der Waals surface area contributed by atoms with Crippen molar-refractivity contribution in [1.82, 2.24) is 58.6 Å². The number of benzene rings is 18. The van der Waals surface area contributed by atoms with Crippen molar-refractivity contribution in [2.24, 2.45) is 0 Å². The van der Waals surface area contributed by atoms with E-state index in [2.05, 4.69) is 171 Å². The summed E-state index contributed by atoms with van der Waals surface area (Å²) in [6.07, 6.45) is 0. The fraction of sp³-hybridized carbons (Fsp3) is 0. The van der Waals surface area contributed by atoms with Gasteiger partial charge in [-0.05, 0) is 97.1 Å². The van der Waals surface area contributed by atoms with E-state index in [1.54, 1.807) is 0 Å². The fourth-order valence-electron chi connectivity index (χ4n) is 20.0. The van der Waals surface area contributed by atoms with Crippen molar-refractivity contribution >= 4 is 216 Å². The molecule has 0 atom stereocenters. The van der Waals surface area contributed by atoms with Gasteiger partial charge in [-0.15, -0.1) is 22.7 Å². The summed E-state index contributed by atoms with van der Waals surface area (Å²) in [6.45, 7) is 0.